The number of fused-ring (bicyclic) bond motifs is 2. The Morgan fingerprint density at radius 2 is 1.38 bits per heavy atom. The van der Waals surface area contributed by atoms with Crippen molar-refractivity contribution in [2.75, 3.05) is 20.0 Å². The van der Waals surface area contributed by atoms with Crippen molar-refractivity contribution in [2.24, 2.45) is 0 Å². The molecule has 0 atom stereocenters. The Labute approximate surface area is 220 Å². The fourth-order valence-electron chi connectivity index (χ4n) is 5.64. The van der Waals surface area contributed by atoms with Gasteiger partial charge in [-0.25, -0.2) is 0 Å². The maximum atomic E-state index is 6.14. The predicted octanol–water partition coefficient (Wildman–Crippen LogP) is 6.79. The molecule has 2 aliphatic heterocycles. The summed E-state index contributed by atoms with van der Waals surface area (Å²) in [4.78, 5) is 4.76. The first-order valence-electron chi connectivity index (χ1n) is 13.4. The summed E-state index contributed by atoms with van der Waals surface area (Å²) >= 11 is 0. The summed E-state index contributed by atoms with van der Waals surface area (Å²) < 4.78 is 12.3. The molecular weight excluding hydrogens is 456 g/mol. The smallest absolute Gasteiger partial charge is 0.142 e. The van der Waals surface area contributed by atoms with Gasteiger partial charge in [0, 0.05) is 42.7 Å². The van der Waals surface area contributed by atoms with E-state index in [0.717, 1.165) is 50.5 Å². The van der Waals surface area contributed by atoms with Gasteiger partial charge in [-0.05, 0) is 53.8 Å². The van der Waals surface area contributed by atoms with Crippen LogP contribution in [0.2, 0.25) is 0 Å². The molecule has 0 amide bonds. The monoisotopic (exact) mass is 492 g/mol. The molecule has 6 rings (SSSR count). The Morgan fingerprint density at radius 1 is 0.757 bits per heavy atom. The van der Waals surface area contributed by atoms with Crippen LogP contribution in [0.4, 0.5) is 0 Å². The van der Waals surface area contributed by atoms with Crippen LogP contribution in [0, 0.1) is 0 Å². The third kappa shape index (κ3) is 5.22. The predicted molar refractivity (Wildman–Crippen MR) is 149 cm³/mol. The molecule has 2 heterocycles. The van der Waals surface area contributed by atoms with Crippen LogP contribution in [0.3, 0.4) is 0 Å². The zero-order chi connectivity index (χ0) is 25.2. The third-order valence-corrected chi connectivity index (χ3v) is 7.93. The number of allylic oxidation sites excluding steroid dienone is 3. The lowest BCUT2D eigenvalue weighted by Crippen LogP contribution is -2.34. The summed E-state index contributed by atoms with van der Waals surface area (Å²) in [6.07, 6.45) is 8.98. The molecule has 0 aromatic heterocycles. The summed E-state index contributed by atoms with van der Waals surface area (Å²) in [6.45, 7) is 9.61. The van der Waals surface area contributed by atoms with Crippen molar-refractivity contribution in [1.29, 1.82) is 0 Å². The van der Waals surface area contributed by atoms with E-state index in [1.807, 2.05) is 0 Å². The van der Waals surface area contributed by atoms with E-state index in [-0.39, 0.29) is 5.41 Å². The molecule has 3 aromatic carbocycles. The average molecular weight is 493 g/mol. The van der Waals surface area contributed by atoms with Crippen molar-refractivity contribution in [3.63, 3.8) is 0 Å². The highest BCUT2D eigenvalue weighted by Gasteiger charge is 2.28. The standard InChI is InChI=1S/C33H36N2O2/c1-33(2,29-13-15-31-27(17-29)21-34(23-36-31)19-25-9-5-3-6-10-25)30-14-16-32-28(18-30)22-35(24-37-32)20-26-11-7-4-8-12-26/h3-7,9-11,13-18H,8,12,19-24H2,1-2H3. The zero-order valence-corrected chi connectivity index (χ0v) is 22.0. The largest absolute Gasteiger partial charge is 0.478 e. The fourth-order valence-corrected chi connectivity index (χ4v) is 5.64. The maximum absolute atomic E-state index is 6.14. The minimum absolute atomic E-state index is 0.134. The van der Waals surface area contributed by atoms with Gasteiger partial charge >= 0.3 is 0 Å². The highest BCUT2D eigenvalue weighted by atomic mass is 16.5. The van der Waals surface area contributed by atoms with Crippen LogP contribution in [0.5, 0.6) is 11.5 Å². The van der Waals surface area contributed by atoms with Gasteiger partial charge in [0.05, 0.1) is 0 Å². The normalized spacial score (nSPS) is 17.8. The first kappa shape index (κ1) is 24.0. The average Bonchev–Trinajstić information content (AvgIpc) is 2.93. The van der Waals surface area contributed by atoms with E-state index < -0.39 is 0 Å². The molecular formula is C33H36N2O2. The molecule has 0 saturated carbocycles. The molecule has 37 heavy (non-hydrogen) atoms. The number of rotatable bonds is 6. The highest BCUT2D eigenvalue weighted by Crippen LogP contribution is 2.38. The van der Waals surface area contributed by atoms with Crippen LogP contribution in [-0.4, -0.2) is 29.8 Å². The van der Waals surface area contributed by atoms with E-state index in [4.69, 9.17) is 9.47 Å². The van der Waals surface area contributed by atoms with Crippen molar-refractivity contribution >= 4 is 0 Å². The molecule has 0 unspecified atom stereocenters. The van der Waals surface area contributed by atoms with Crippen LogP contribution in [0.1, 0.15) is 54.5 Å². The number of benzene rings is 3. The number of hydrogen-bond acceptors (Lipinski definition) is 4. The maximum Gasteiger partial charge on any atom is 0.142 e. The molecule has 0 fully saturated rings. The number of nitrogens with zero attached hydrogens (tertiary/aromatic N) is 2. The van der Waals surface area contributed by atoms with Crippen molar-refractivity contribution in [3.8, 4) is 11.5 Å². The Balaban J connectivity index is 1.20. The lowest BCUT2D eigenvalue weighted by atomic mass is 9.77. The van der Waals surface area contributed by atoms with E-state index in [1.165, 1.54) is 33.4 Å². The van der Waals surface area contributed by atoms with E-state index in [2.05, 4.69) is 109 Å². The van der Waals surface area contributed by atoms with Gasteiger partial charge < -0.3 is 9.47 Å². The molecule has 3 aromatic rings. The minimum atomic E-state index is -0.134. The molecule has 4 heteroatoms. The molecule has 0 spiro atoms. The molecule has 0 N–H and O–H groups in total. The Morgan fingerprint density at radius 3 is 1.97 bits per heavy atom. The summed E-state index contributed by atoms with van der Waals surface area (Å²) in [7, 11) is 0. The van der Waals surface area contributed by atoms with Crippen molar-refractivity contribution in [2.45, 2.75) is 51.7 Å². The quantitative estimate of drug-likeness (QED) is 0.378. The van der Waals surface area contributed by atoms with Crippen LogP contribution in [0.15, 0.2) is 90.5 Å². The molecule has 0 bridgehead atoms. The van der Waals surface area contributed by atoms with Crippen LogP contribution >= 0.6 is 0 Å². The van der Waals surface area contributed by atoms with E-state index in [9.17, 15) is 0 Å². The van der Waals surface area contributed by atoms with Crippen LogP contribution < -0.4 is 9.47 Å². The third-order valence-electron chi connectivity index (χ3n) is 7.93. The van der Waals surface area contributed by atoms with Gasteiger partial charge in [0.1, 0.15) is 25.0 Å². The minimum Gasteiger partial charge on any atom is -0.478 e. The second-order valence-corrected chi connectivity index (χ2v) is 11.1. The van der Waals surface area contributed by atoms with Gasteiger partial charge in [-0.15, -0.1) is 0 Å². The molecule has 3 aliphatic rings. The molecule has 1 aliphatic carbocycles. The first-order valence-corrected chi connectivity index (χ1v) is 13.4. The Kier molecular flexibility index (Phi) is 6.62. The van der Waals surface area contributed by atoms with E-state index in [1.54, 1.807) is 0 Å². The van der Waals surface area contributed by atoms with Crippen LogP contribution in [-0.2, 0) is 25.0 Å². The fraction of sp³-hybridized carbons (Fsp3) is 0.333. The van der Waals surface area contributed by atoms with Gasteiger partial charge in [-0.2, -0.15) is 0 Å². The molecule has 0 saturated heterocycles. The lowest BCUT2D eigenvalue weighted by molar-refractivity contribution is 0.0886. The molecule has 4 nitrogen and oxygen atoms in total. The molecule has 190 valence electrons. The van der Waals surface area contributed by atoms with Crippen molar-refractivity contribution in [3.05, 3.63) is 118 Å². The van der Waals surface area contributed by atoms with Gasteiger partial charge in [-0.1, -0.05) is 80.1 Å². The van der Waals surface area contributed by atoms with E-state index >= 15 is 0 Å². The van der Waals surface area contributed by atoms with Gasteiger partial charge in [0.15, 0.2) is 0 Å². The summed E-state index contributed by atoms with van der Waals surface area (Å²) in [5.74, 6) is 2.02. The second kappa shape index (κ2) is 10.2. The van der Waals surface area contributed by atoms with Crippen molar-refractivity contribution < 1.29 is 9.47 Å². The van der Waals surface area contributed by atoms with Crippen molar-refractivity contribution in [1.82, 2.24) is 9.80 Å². The van der Waals surface area contributed by atoms with E-state index in [0.29, 0.717) is 13.5 Å². The van der Waals surface area contributed by atoms with Crippen LogP contribution in [0.25, 0.3) is 0 Å². The summed E-state index contributed by atoms with van der Waals surface area (Å²) in [5, 5.41) is 0. The topological polar surface area (TPSA) is 24.9 Å². The van der Waals surface area contributed by atoms with Gasteiger partial charge in [0.25, 0.3) is 0 Å². The summed E-state index contributed by atoms with van der Waals surface area (Å²) in [6, 6.07) is 24.1. The Hall–Kier alpha value is -3.34. The second-order valence-electron chi connectivity index (χ2n) is 11.1. The lowest BCUT2D eigenvalue weighted by Gasteiger charge is -2.33. The summed E-state index contributed by atoms with van der Waals surface area (Å²) in [5.41, 5.74) is 7.83. The number of ether oxygens (including phenoxy) is 2. The zero-order valence-electron chi connectivity index (χ0n) is 22.0. The highest BCUT2D eigenvalue weighted by molar-refractivity contribution is 5.48. The first-order chi connectivity index (χ1) is 18.0. The Bertz CT molecular complexity index is 1330. The van der Waals surface area contributed by atoms with Gasteiger partial charge in [0.2, 0.25) is 0 Å². The molecule has 0 radical (unpaired) electrons. The number of hydrogen-bond donors (Lipinski definition) is 0. The SMILES string of the molecule is CC(C)(c1ccc2c(c1)CN(CC1=CC=CCC1)CO2)c1ccc2c(c1)CN(Cc1ccccc1)CO2. The van der Waals surface area contributed by atoms with Gasteiger partial charge in [-0.3, -0.25) is 9.80 Å².